The van der Waals surface area contributed by atoms with Crippen LogP contribution in [0.15, 0.2) is 12.2 Å². The Bertz CT molecular complexity index is 262. The summed E-state index contributed by atoms with van der Waals surface area (Å²) in [6.07, 6.45) is 2.97. The summed E-state index contributed by atoms with van der Waals surface area (Å²) in [6.45, 7) is 3.80. The second-order valence-corrected chi connectivity index (χ2v) is 3.05. The molecule has 1 aliphatic heterocycles. The molecule has 0 unspecified atom stereocenters. The molecule has 0 bridgehead atoms. The van der Waals surface area contributed by atoms with Crippen LogP contribution in [0.3, 0.4) is 0 Å². The average Bonchev–Trinajstić information content (AvgIpc) is 2.21. The lowest BCUT2D eigenvalue weighted by Gasteiger charge is -2.25. The Hall–Kier alpha value is -1.36. The zero-order chi connectivity index (χ0) is 11.1. The molecule has 1 rings (SSSR count). The van der Waals surface area contributed by atoms with Crippen molar-refractivity contribution in [1.82, 2.24) is 4.90 Å². The minimum atomic E-state index is -0.377. The average molecular weight is 213 g/mol. The van der Waals surface area contributed by atoms with E-state index in [2.05, 4.69) is 0 Å². The number of hydrogen-bond donors (Lipinski definition) is 0. The van der Waals surface area contributed by atoms with E-state index in [0.29, 0.717) is 26.3 Å². The van der Waals surface area contributed by atoms with Crippen LogP contribution in [0.25, 0.3) is 0 Å². The van der Waals surface area contributed by atoms with Crippen LogP contribution in [0.5, 0.6) is 0 Å². The van der Waals surface area contributed by atoms with Crippen molar-refractivity contribution in [2.24, 2.45) is 0 Å². The fourth-order valence-electron chi connectivity index (χ4n) is 1.21. The number of esters is 1. The molecule has 0 aromatic heterocycles. The van der Waals surface area contributed by atoms with Crippen LogP contribution in [0.2, 0.25) is 0 Å². The molecule has 1 aliphatic rings. The fraction of sp³-hybridized carbons (Fsp3) is 0.600. The SMILES string of the molecule is CCOC(=O)/C=C/CN1CCOCC1=O. The van der Waals surface area contributed by atoms with E-state index in [4.69, 9.17) is 9.47 Å². The Kier molecular flexibility index (Phi) is 4.83. The Morgan fingerprint density at radius 3 is 3.13 bits per heavy atom. The highest BCUT2D eigenvalue weighted by atomic mass is 16.5. The van der Waals surface area contributed by atoms with Crippen LogP contribution in [0.1, 0.15) is 6.92 Å². The third kappa shape index (κ3) is 4.12. The quantitative estimate of drug-likeness (QED) is 0.486. The van der Waals surface area contributed by atoms with Crippen molar-refractivity contribution in [3.05, 3.63) is 12.2 Å². The lowest BCUT2D eigenvalue weighted by atomic mass is 10.4. The molecule has 0 atom stereocenters. The molecule has 0 radical (unpaired) electrons. The van der Waals surface area contributed by atoms with Crippen molar-refractivity contribution < 1.29 is 19.1 Å². The number of carbonyl (C=O) groups is 2. The number of morpholine rings is 1. The Morgan fingerprint density at radius 2 is 2.47 bits per heavy atom. The summed E-state index contributed by atoms with van der Waals surface area (Å²) >= 11 is 0. The van der Waals surface area contributed by atoms with E-state index in [9.17, 15) is 9.59 Å². The third-order valence-electron chi connectivity index (χ3n) is 1.95. The van der Waals surface area contributed by atoms with Gasteiger partial charge < -0.3 is 14.4 Å². The predicted octanol–water partition coefficient (Wildman–Crippen LogP) is -0.0355. The zero-order valence-electron chi connectivity index (χ0n) is 8.77. The molecule has 0 aliphatic carbocycles. The molecule has 5 heteroatoms. The van der Waals surface area contributed by atoms with E-state index < -0.39 is 0 Å². The van der Waals surface area contributed by atoms with Gasteiger partial charge in [-0.15, -0.1) is 0 Å². The van der Waals surface area contributed by atoms with Gasteiger partial charge in [-0.3, -0.25) is 4.79 Å². The van der Waals surface area contributed by atoms with Gasteiger partial charge in [-0.05, 0) is 6.92 Å². The van der Waals surface area contributed by atoms with Crippen molar-refractivity contribution in [2.75, 3.05) is 32.9 Å². The minimum absolute atomic E-state index is 0.0465. The Balaban J connectivity index is 2.29. The number of amides is 1. The molecular formula is C10H15NO4. The van der Waals surface area contributed by atoms with Gasteiger partial charge in [-0.1, -0.05) is 6.08 Å². The second-order valence-electron chi connectivity index (χ2n) is 3.05. The maximum absolute atomic E-state index is 11.2. The van der Waals surface area contributed by atoms with Gasteiger partial charge in [-0.25, -0.2) is 4.79 Å². The van der Waals surface area contributed by atoms with Gasteiger partial charge in [0.05, 0.1) is 13.2 Å². The molecule has 1 heterocycles. The molecule has 1 fully saturated rings. The van der Waals surface area contributed by atoms with Gasteiger partial charge in [0.25, 0.3) is 0 Å². The molecule has 0 saturated carbocycles. The Morgan fingerprint density at radius 1 is 1.67 bits per heavy atom. The van der Waals surface area contributed by atoms with Crippen molar-refractivity contribution in [3.63, 3.8) is 0 Å². The van der Waals surface area contributed by atoms with Crippen molar-refractivity contribution >= 4 is 11.9 Å². The summed E-state index contributed by atoms with van der Waals surface area (Å²) in [6, 6.07) is 0. The summed E-state index contributed by atoms with van der Waals surface area (Å²) in [7, 11) is 0. The van der Waals surface area contributed by atoms with E-state index in [0.717, 1.165) is 0 Å². The standard InChI is InChI=1S/C10H15NO4/c1-2-15-10(13)4-3-5-11-6-7-14-8-9(11)12/h3-4H,2,5-8H2,1H3/b4-3+. The van der Waals surface area contributed by atoms with Crippen molar-refractivity contribution in [2.45, 2.75) is 6.92 Å². The van der Waals surface area contributed by atoms with Crippen LogP contribution in [-0.2, 0) is 19.1 Å². The normalized spacial score (nSPS) is 17.1. The van der Waals surface area contributed by atoms with Crippen LogP contribution >= 0.6 is 0 Å². The van der Waals surface area contributed by atoms with Gasteiger partial charge >= 0.3 is 5.97 Å². The predicted molar refractivity (Wildman–Crippen MR) is 53.2 cm³/mol. The van der Waals surface area contributed by atoms with Crippen LogP contribution in [0.4, 0.5) is 0 Å². The summed E-state index contributed by atoms with van der Waals surface area (Å²) < 4.78 is 9.68. The van der Waals surface area contributed by atoms with Gasteiger partial charge in [0.15, 0.2) is 0 Å². The van der Waals surface area contributed by atoms with Crippen molar-refractivity contribution in [3.8, 4) is 0 Å². The number of ether oxygens (including phenoxy) is 2. The van der Waals surface area contributed by atoms with Crippen LogP contribution < -0.4 is 0 Å². The Labute approximate surface area is 88.6 Å². The summed E-state index contributed by atoms with van der Waals surface area (Å²) in [5, 5.41) is 0. The zero-order valence-corrected chi connectivity index (χ0v) is 8.77. The van der Waals surface area contributed by atoms with Gasteiger partial charge in [0.1, 0.15) is 6.61 Å². The monoisotopic (exact) mass is 213 g/mol. The third-order valence-corrected chi connectivity index (χ3v) is 1.95. The topological polar surface area (TPSA) is 55.8 Å². The molecule has 0 N–H and O–H groups in total. The van der Waals surface area contributed by atoms with Gasteiger partial charge in [-0.2, -0.15) is 0 Å². The number of nitrogens with zero attached hydrogens (tertiary/aromatic N) is 1. The smallest absolute Gasteiger partial charge is 0.330 e. The van der Waals surface area contributed by atoms with Crippen molar-refractivity contribution in [1.29, 1.82) is 0 Å². The van der Waals surface area contributed by atoms with Gasteiger partial charge in [0, 0.05) is 19.2 Å². The molecule has 0 spiro atoms. The first-order valence-electron chi connectivity index (χ1n) is 4.93. The maximum Gasteiger partial charge on any atom is 0.330 e. The molecule has 0 aromatic carbocycles. The molecule has 1 saturated heterocycles. The molecule has 0 aromatic rings. The fourth-order valence-corrected chi connectivity index (χ4v) is 1.21. The number of carbonyl (C=O) groups excluding carboxylic acids is 2. The summed E-state index contributed by atoms with van der Waals surface area (Å²) in [5.74, 6) is -0.423. The second kappa shape index (κ2) is 6.19. The lowest BCUT2D eigenvalue weighted by Crippen LogP contribution is -2.41. The molecule has 84 valence electrons. The highest BCUT2D eigenvalue weighted by Gasteiger charge is 2.16. The van der Waals surface area contributed by atoms with E-state index in [1.807, 2.05) is 0 Å². The van der Waals surface area contributed by atoms with Gasteiger partial charge in [0.2, 0.25) is 5.91 Å². The molecule has 5 nitrogen and oxygen atoms in total. The number of rotatable bonds is 4. The van der Waals surface area contributed by atoms with Crippen LogP contribution in [0, 0.1) is 0 Å². The minimum Gasteiger partial charge on any atom is -0.463 e. The first-order chi connectivity index (χ1) is 7.24. The highest BCUT2D eigenvalue weighted by molar-refractivity contribution is 5.82. The first kappa shape index (κ1) is 11.7. The van der Waals surface area contributed by atoms with Crippen LogP contribution in [-0.4, -0.2) is 49.7 Å². The van der Waals surface area contributed by atoms with E-state index in [1.165, 1.54) is 6.08 Å². The lowest BCUT2D eigenvalue weighted by molar-refractivity contribution is -0.142. The molecular weight excluding hydrogens is 198 g/mol. The summed E-state index contributed by atoms with van der Waals surface area (Å²) in [5.41, 5.74) is 0. The van der Waals surface area contributed by atoms with E-state index in [1.54, 1.807) is 17.9 Å². The summed E-state index contributed by atoms with van der Waals surface area (Å²) in [4.78, 5) is 23.8. The first-order valence-corrected chi connectivity index (χ1v) is 4.93. The molecule has 15 heavy (non-hydrogen) atoms. The maximum atomic E-state index is 11.2. The van der Waals surface area contributed by atoms with E-state index in [-0.39, 0.29) is 18.5 Å². The largest absolute Gasteiger partial charge is 0.463 e. The highest BCUT2D eigenvalue weighted by Crippen LogP contribution is 1.98. The van der Waals surface area contributed by atoms with E-state index >= 15 is 0 Å². The molecule has 1 amide bonds. The number of hydrogen-bond acceptors (Lipinski definition) is 4.